The van der Waals surface area contributed by atoms with E-state index in [0.717, 1.165) is 0 Å². The van der Waals surface area contributed by atoms with Gasteiger partial charge >= 0.3 is 0 Å². The summed E-state index contributed by atoms with van der Waals surface area (Å²) >= 11 is 0. The Bertz CT molecular complexity index is 4160. The van der Waals surface area contributed by atoms with E-state index in [9.17, 15) is 0 Å². The maximum absolute atomic E-state index is 2.50. The molecule has 0 aliphatic heterocycles. The van der Waals surface area contributed by atoms with Crippen molar-refractivity contribution in [3.8, 4) is 44.5 Å². The SMILES string of the molecule is Cc1ccccc1-c1ccc2c(c1)c1c3ccccc3cc3c(-c4ccccc4C)c4c5ccc6c7ccc8c9c(ccc(c%10ccc(c5c6%10)c4c2c31)c97)-c1ccccc1-8. The van der Waals surface area contributed by atoms with E-state index in [0.29, 0.717) is 0 Å². The van der Waals surface area contributed by atoms with Gasteiger partial charge in [0.15, 0.2) is 0 Å². The highest BCUT2D eigenvalue weighted by Gasteiger charge is 2.29. The van der Waals surface area contributed by atoms with Crippen LogP contribution >= 0.6 is 0 Å². The summed E-state index contributed by atoms with van der Waals surface area (Å²) in [5.41, 5.74) is 13.2. The number of hydrogen-bond acceptors (Lipinski definition) is 0. The first-order valence-corrected chi connectivity index (χ1v) is 21.3. The zero-order valence-electron chi connectivity index (χ0n) is 33.2. The van der Waals surface area contributed by atoms with E-state index >= 15 is 0 Å². The third kappa shape index (κ3) is 3.59. The molecular formula is C60H34. The van der Waals surface area contributed by atoms with Crippen LogP contribution in [0.2, 0.25) is 0 Å². The van der Waals surface area contributed by atoms with Gasteiger partial charge in [-0.15, -0.1) is 0 Å². The van der Waals surface area contributed by atoms with Crippen molar-refractivity contribution in [2.75, 3.05) is 0 Å². The lowest BCUT2D eigenvalue weighted by molar-refractivity contribution is 1.46. The van der Waals surface area contributed by atoms with Gasteiger partial charge in [-0.25, -0.2) is 0 Å². The molecule has 0 bridgehead atoms. The second kappa shape index (κ2) is 10.7. The molecule has 0 unspecified atom stereocenters. The molecule has 14 aromatic rings. The Labute approximate surface area is 345 Å². The molecule has 0 amide bonds. The van der Waals surface area contributed by atoms with E-state index < -0.39 is 0 Å². The van der Waals surface area contributed by atoms with Crippen LogP contribution in [-0.4, -0.2) is 0 Å². The molecule has 0 saturated heterocycles. The molecule has 0 nitrogen and oxygen atoms in total. The molecule has 0 fully saturated rings. The summed E-state index contributed by atoms with van der Waals surface area (Å²) in [6.45, 7) is 4.52. The molecule has 274 valence electrons. The van der Waals surface area contributed by atoms with Crippen molar-refractivity contribution in [2.24, 2.45) is 0 Å². The topological polar surface area (TPSA) is 0 Å². The van der Waals surface area contributed by atoms with Crippen molar-refractivity contribution in [3.05, 3.63) is 181 Å². The van der Waals surface area contributed by atoms with Gasteiger partial charge in [-0.3, -0.25) is 0 Å². The van der Waals surface area contributed by atoms with Crippen molar-refractivity contribution < 1.29 is 0 Å². The summed E-state index contributed by atoms with van der Waals surface area (Å²) in [7, 11) is 0. The van der Waals surface area contributed by atoms with Crippen molar-refractivity contribution in [1.82, 2.24) is 0 Å². The van der Waals surface area contributed by atoms with Crippen molar-refractivity contribution >= 4 is 108 Å². The third-order valence-corrected chi connectivity index (χ3v) is 14.7. The molecule has 0 aromatic heterocycles. The van der Waals surface area contributed by atoms with E-state index in [1.165, 1.54) is 163 Å². The monoisotopic (exact) mass is 754 g/mol. The molecule has 0 N–H and O–H groups in total. The van der Waals surface area contributed by atoms with Gasteiger partial charge in [0.05, 0.1) is 0 Å². The molecule has 0 heteroatoms. The van der Waals surface area contributed by atoms with Crippen molar-refractivity contribution in [2.45, 2.75) is 13.8 Å². The van der Waals surface area contributed by atoms with Crippen LogP contribution in [0.5, 0.6) is 0 Å². The van der Waals surface area contributed by atoms with Crippen molar-refractivity contribution in [1.29, 1.82) is 0 Å². The molecule has 0 heterocycles. The lowest BCUT2D eigenvalue weighted by atomic mass is 9.86. The van der Waals surface area contributed by atoms with E-state index in [2.05, 4.69) is 184 Å². The minimum Gasteiger partial charge on any atom is -0.0620 e. The minimum atomic E-state index is 1.27. The number of hydrogen-bond donors (Lipinski definition) is 0. The van der Waals surface area contributed by atoms with E-state index in [1.807, 2.05) is 0 Å². The molecule has 14 aromatic carbocycles. The lowest BCUT2D eigenvalue weighted by Gasteiger charge is -2.16. The van der Waals surface area contributed by atoms with Gasteiger partial charge < -0.3 is 0 Å². The average Bonchev–Trinajstić information content (AvgIpc) is 3.93. The standard InChI is InChI=1S/C60H34/c1-31-11-3-6-14-35(31)34-19-20-46-49(29-34)52-37-16-8-5-13-33(37)30-50-51(36-15-7-4-12-32(36)2)58-47-27-25-44-42-23-21-40-38-17-9-10-18-39(38)41-22-24-43(54(42)53(40)41)45-26-28-48(56(47)55(44)45)59(58)57(46)60(50)52/h3-30H,1-2H3. The van der Waals surface area contributed by atoms with E-state index in [1.54, 1.807) is 0 Å². The van der Waals surface area contributed by atoms with Gasteiger partial charge in [0.1, 0.15) is 0 Å². The zero-order chi connectivity index (χ0) is 39.1. The molecule has 0 saturated carbocycles. The molecule has 1 aliphatic carbocycles. The highest BCUT2D eigenvalue weighted by Crippen LogP contribution is 2.58. The summed E-state index contributed by atoms with van der Waals surface area (Å²) in [5.74, 6) is 0. The second-order valence-corrected chi connectivity index (χ2v) is 17.5. The number of aryl methyl sites for hydroxylation is 2. The Morgan fingerprint density at radius 1 is 0.233 bits per heavy atom. The first-order valence-electron chi connectivity index (χ1n) is 21.3. The molecular weight excluding hydrogens is 721 g/mol. The Morgan fingerprint density at radius 3 is 1.37 bits per heavy atom. The van der Waals surface area contributed by atoms with Crippen LogP contribution in [0.4, 0.5) is 0 Å². The number of fused-ring (bicyclic) bond motifs is 14. The van der Waals surface area contributed by atoms with Crippen LogP contribution in [0, 0.1) is 13.8 Å². The minimum absolute atomic E-state index is 1.27. The van der Waals surface area contributed by atoms with Crippen LogP contribution in [0.25, 0.3) is 152 Å². The maximum atomic E-state index is 2.50. The summed E-state index contributed by atoms with van der Waals surface area (Å²) in [6.07, 6.45) is 0. The largest absolute Gasteiger partial charge is 0.0620 e. The number of benzene rings is 12. The van der Waals surface area contributed by atoms with Crippen LogP contribution < -0.4 is 0 Å². The lowest BCUT2D eigenvalue weighted by Crippen LogP contribution is -1.89. The molecule has 60 heavy (non-hydrogen) atoms. The van der Waals surface area contributed by atoms with Crippen molar-refractivity contribution in [3.63, 3.8) is 0 Å². The van der Waals surface area contributed by atoms with Gasteiger partial charge in [0.2, 0.25) is 0 Å². The van der Waals surface area contributed by atoms with Crippen LogP contribution in [-0.2, 0) is 0 Å². The van der Waals surface area contributed by atoms with Gasteiger partial charge in [-0.1, -0.05) is 158 Å². The Kier molecular flexibility index (Phi) is 5.63. The van der Waals surface area contributed by atoms with Gasteiger partial charge in [0.25, 0.3) is 0 Å². The predicted molar refractivity (Wildman–Crippen MR) is 260 cm³/mol. The number of rotatable bonds is 2. The zero-order valence-corrected chi connectivity index (χ0v) is 33.2. The normalized spacial score (nSPS) is 12.8. The Morgan fingerprint density at radius 2 is 0.683 bits per heavy atom. The van der Waals surface area contributed by atoms with Gasteiger partial charge in [-0.2, -0.15) is 0 Å². The fourth-order valence-corrected chi connectivity index (χ4v) is 12.3. The molecule has 0 radical (unpaired) electrons. The van der Waals surface area contributed by atoms with E-state index in [4.69, 9.17) is 0 Å². The smallest absolute Gasteiger partial charge is 0.000695 e. The van der Waals surface area contributed by atoms with Crippen LogP contribution in [0.1, 0.15) is 11.1 Å². The fourth-order valence-electron chi connectivity index (χ4n) is 12.3. The first kappa shape index (κ1) is 31.5. The van der Waals surface area contributed by atoms with Gasteiger partial charge in [0, 0.05) is 0 Å². The molecule has 0 atom stereocenters. The van der Waals surface area contributed by atoms with Gasteiger partial charge in [-0.05, 0) is 189 Å². The van der Waals surface area contributed by atoms with Crippen LogP contribution in [0.3, 0.4) is 0 Å². The quantitative estimate of drug-likeness (QED) is 0.122. The Balaban J connectivity index is 1.19. The molecule has 1 aliphatic rings. The average molecular weight is 755 g/mol. The highest BCUT2D eigenvalue weighted by atomic mass is 14.3. The van der Waals surface area contributed by atoms with Crippen LogP contribution in [0.15, 0.2) is 170 Å². The highest BCUT2D eigenvalue weighted by molar-refractivity contribution is 6.52. The predicted octanol–water partition coefficient (Wildman–Crippen LogP) is 17.1. The summed E-state index contributed by atoms with van der Waals surface area (Å²) < 4.78 is 0. The summed E-state index contributed by atoms with van der Waals surface area (Å²) in [4.78, 5) is 0. The summed E-state index contributed by atoms with van der Waals surface area (Å²) in [5, 5.41) is 27.2. The third-order valence-electron chi connectivity index (χ3n) is 14.7. The summed E-state index contributed by atoms with van der Waals surface area (Å²) in [6, 6.07) is 65.1. The molecule has 0 spiro atoms. The molecule has 15 rings (SSSR count). The fraction of sp³-hybridized carbons (Fsp3) is 0.0333. The maximum Gasteiger partial charge on any atom is -0.000695 e. The first-order chi connectivity index (χ1) is 29.6. The second-order valence-electron chi connectivity index (χ2n) is 17.5. The Hall–Kier alpha value is -7.54. The van der Waals surface area contributed by atoms with E-state index in [-0.39, 0.29) is 0 Å².